The number of rotatable bonds is 4. The van der Waals surface area contributed by atoms with Gasteiger partial charge in [-0.3, -0.25) is 0 Å². The van der Waals surface area contributed by atoms with Gasteiger partial charge in [0.25, 0.3) is 10.0 Å². The summed E-state index contributed by atoms with van der Waals surface area (Å²) in [5.74, 6) is -0.107. The summed E-state index contributed by atoms with van der Waals surface area (Å²) < 4.78 is 24.3. The molecular formula is C13H8Cl4N2O3S. The van der Waals surface area contributed by atoms with Crippen LogP contribution in [0.15, 0.2) is 40.3 Å². The quantitative estimate of drug-likeness (QED) is 0.445. The summed E-state index contributed by atoms with van der Waals surface area (Å²) in [4.78, 5) is 1.68. The van der Waals surface area contributed by atoms with Crippen molar-refractivity contribution in [2.24, 2.45) is 5.10 Å². The lowest BCUT2D eigenvalue weighted by Crippen LogP contribution is -2.18. The highest BCUT2D eigenvalue weighted by molar-refractivity contribution is 7.89. The average molecular weight is 414 g/mol. The molecule has 0 aromatic heterocycles. The van der Waals surface area contributed by atoms with E-state index in [9.17, 15) is 13.5 Å². The van der Waals surface area contributed by atoms with Gasteiger partial charge in [0.2, 0.25) is 0 Å². The number of phenols is 1. The van der Waals surface area contributed by atoms with Crippen molar-refractivity contribution in [3.8, 4) is 5.75 Å². The number of aromatic hydroxyl groups is 1. The third kappa shape index (κ3) is 4.43. The monoisotopic (exact) mass is 412 g/mol. The first-order valence-electron chi connectivity index (χ1n) is 5.88. The van der Waals surface area contributed by atoms with E-state index < -0.39 is 10.0 Å². The number of hydrogen-bond donors (Lipinski definition) is 2. The van der Waals surface area contributed by atoms with Gasteiger partial charge in [0.05, 0.1) is 21.3 Å². The minimum Gasteiger partial charge on any atom is -0.507 e. The van der Waals surface area contributed by atoms with E-state index in [4.69, 9.17) is 46.4 Å². The Morgan fingerprint density at radius 3 is 2.35 bits per heavy atom. The SMILES string of the molecule is O=S(=O)(NN=Cc1cc(Cl)ccc1O)c1cc(Cl)c(Cl)cc1Cl. The van der Waals surface area contributed by atoms with Gasteiger partial charge in [-0.2, -0.15) is 13.5 Å². The maximum atomic E-state index is 12.2. The molecule has 0 atom stereocenters. The minimum absolute atomic E-state index is 0.0351. The second kappa shape index (κ2) is 7.15. The highest BCUT2D eigenvalue weighted by atomic mass is 35.5. The smallest absolute Gasteiger partial charge is 0.278 e. The molecule has 0 aliphatic heterocycles. The van der Waals surface area contributed by atoms with Crippen molar-refractivity contribution in [1.82, 2.24) is 4.83 Å². The van der Waals surface area contributed by atoms with Crippen LogP contribution in [-0.4, -0.2) is 19.7 Å². The Morgan fingerprint density at radius 2 is 1.65 bits per heavy atom. The molecule has 2 aromatic rings. The summed E-state index contributed by atoms with van der Waals surface area (Å²) in [6.07, 6.45) is 1.10. The van der Waals surface area contributed by atoms with Crippen molar-refractivity contribution in [2.75, 3.05) is 0 Å². The number of nitrogens with one attached hydrogen (secondary N) is 1. The Kier molecular flexibility index (Phi) is 5.65. The van der Waals surface area contributed by atoms with Crippen LogP contribution in [0.2, 0.25) is 20.1 Å². The van der Waals surface area contributed by atoms with Crippen molar-refractivity contribution in [2.45, 2.75) is 4.90 Å². The topological polar surface area (TPSA) is 78.8 Å². The zero-order valence-electron chi connectivity index (χ0n) is 11.1. The molecular weight excluding hydrogens is 406 g/mol. The van der Waals surface area contributed by atoms with E-state index in [2.05, 4.69) is 5.10 Å². The Hall–Kier alpha value is -1.18. The molecule has 122 valence electrons. The van der Waals surface area contributed by atoms with Crippen LogP contribution in [-0.2, 0) is 10.0 Å². The summed E-state index contributed by atoms with van der Waals surface area (Å²) in [6, 6.07) is 6.58. The molecule has 0 aliphatic carbocycles. The normalized spacial score (nSPS) is 11.8. The molecule has 2 rings (SSSR count). The fourth-order valence-electron chi connectivity index (χ4n) is 1.55. The van der Waals surface area contributed by atoms with E-state index in [1.54, 1.807) is 0 Å². The van der Waals surface area contributed by atoms with Crippen LogP contribution >= 0.6 is 46.4 Å². The molecule has 0 unspecified atom stereocenters. The van der Waals surface area contributed by atoms with Gasteiger partial charge in [0, 0.05) is 10.6 Å². The highest BCUT2D eigenvalue weighted by Crippen LogP contribution is 2.31. The van der Waals surface area contributed by atoms with E-state index >= 15 is 0 Å². The molecule has 2 aromatic carbocycles. The maximum absolute atomic E-state index is 12.2. The van der Waals surface area contributed by atoms with Gasteiger partial charge >= 0.3 is 0 Å². The molecule has 23 heavy (non-hydrogen) atoms. The predicted molar refractivity (Wildman–Crippen MR) is 92.5 cm³/mol. The first-order chi connectivity index (χ1) is 10.7. The molecule has 10 heteroatoms. The molecule has 0 aliphatic rings. The van der Waals surface area contributed by atoms with Crippen LogP contribution < -0.4 is 4.83 Å². The summed E-state index contributed by atoms with van der Waals surface area (Å²) in [6.45, 7) is 0. The van der Waals surface area contributed by atoms with Gasteiger partial charge in [-0.15, -0.1) is 0 Å². The number of sulfonamides is 1. The van der Waals surface area contributed by atoms with Crippen LogP contribution in [0, 0.1) is 0 Å². The molecule has 0 fully saturated rings. The van der Waals surface area contributed by atoms with Crippen LogP contribution in [0.4, 0.5) is 0 Å². The van der Waals surface area contributed by atoms with Gasteiger partial charge in [-0.05, 0) is 30.3 Å². The summed E-state index contributed by atoms with van der Waals surface area (Å²) in [5.41, 5.74) is 0.237. The van der Waals surface area contributed by atoms with Crippen molar-refractivity contribution < 1.29 is 13.5 Å². The van der Waals surface area contributed by atoms with Crippen molar-refractivity contribution >= 4 is 62.6 Å². The standard InChI is InChI=1S/C13H8Cl4N2O3S/c14-8-1-2-12(20)7(3-8)6-18-19-23(21,22)13-5-10(16)9(15)4-11(13)17/h1-6,19-20H. The van der Waals surface area contributed by atoms with Crippen LogP contribution in [0.3, 0.4) is 0 Å². The van der Waals surface area contributed by atoms with Crippen molar-refractivity contribution in [1.29, 1.82) is 0 Å². The third-order valence-corrected chi connectivity index (χ3v) is 5.27. The first kappa shape index (κ1) is 18.2. The largest absolute Gasteiger partial charge is 0.507 e. The molecule has 0 spiro atoms. The van der Waals surface area contributed by atoms with Gasteiger partial charge in [-0.25, -0.2) is 4.83 Å². The van der Waals surface area contributed by atoms with E-state index in [1.807, 2.05) is 4.83 Å². The van der Waals surface area contributed by atoms with Gasteiger partial charge in [-0.1, -0.05) is 46.4 Å². The van der Waals surface area contributed by atoms with Gasteiger partial charge < -0.3 is 5.11 Å². The fourth-order valence-corrected chi connectivity index (χ4v) is 3.53. The summed E-state index contributed by atoms with van der Waals surface area (Å²) >= 11 is 23.2. The second-order valence-corrected chi connectivity index (χ2v) is 7.54. The van der Waals surface area contributed by atoms with Gasteiger partial charge in [0.15, 0.2) is 0 Å². The molecule has 0 amide bonds. The Labute approximate surface area is 152 Å². The van der Waals surface area contributed by atoms with Crippen LogP contribution in [0.1, 0.15) is 5.56 Å². The van der Waals surface area contributed by atoms with Crippen molar-refractivity contribution in [3.05, 3.63) is 56.0 Å². The number of hydrazone groups is 1. The zero-order valence-corrected chi connectivity index (χ0v) is 14.9. The average Bonchev–Trinajstić information content (AvgIpc) is 2.46. The Morgan fingerprint density at radius 1 is 1.00 bits per heavy atom. The summed E-state index contributed by atoms with van der Waals surface area (Å²) in [5, 5.41) is 13.6. The third-order valence-electron chi connectivity index (χ3n) is 2.63. The van der Waals surface area contributed by atoms with E-state index in [0.29, 0.717) is 5.02 Å². The highest BCUT2D eigenvalue weighted by Gasteiger charge is 2.19. The lowest BCUT2D eigenvalue weighted by molar-refractivity contribution is 0.474. The lowest BCUT2D eigenvalue weighted by Gasteiger charge is -2.07. The van der Waals surface area contributed by atoms with Crippen LogP contribution in [0.5, 0.6) is 5.75 Å². The Balaban J connectivity index is 2.27. The molecule has 0 heterocycles. The number of benzene rings is 2. The zero-order chi connectivity index (χ0) is 17.2. The van der Waals surface area contributed by atoms with E-state index in [-0.39, 0.29) is 31.3 Å². The minimum atomic E-state index is -4.06. The van der Waals surface area contributed by atoms with E-state index in [1.165, 1.54) is 24.3 Å². The predicted octanol–water partition coefficient (Wildman–Crippen LogP) is 4.32. The lowest BCUT2D eigenvalue weighted by atomic mass is 10.2. The summed E-state index contributed by atoms with van der Waals surface area (Å²) in [7, 11) is -4.06. The van der Waals surface area contributed by atoms with Gasteiger partial charge in [0.1, 0.15) is 10.6 Å². The molecule has 0 radical (unpaired) electrons. The number of phenolic OH excluding ortho intramolecular Hbond substituents is 1. The molecule has 0 saturated carbocycles. The first-order valence-corrected chi connectivity index (χ1v) is 8.88. The molecule has 2 N–H and O–H groups in total. The van der Waals surface area contributed by atoms with Crippen LogP contribution in [0.25, 0.3) is 0 Å². The number of hydrogen-bond acceptors (Lipinski definition) is 4. The Bertz CT molecular complexity index is 885. The second-order valence-electron chi connectivity index (χ2n) is 4.25. The number of halogens is 4. The van der Waals surface area contributed by atoms with E-state index in [0.717, 1.165) is 12.3 Å². The molecule has 0 bridgehead atoms. The van der Waals surface area contributed by atoms with Crippen molar-refractivity contribution in [3.63, 3.8) is 0 Å². The maximum Gasteiger partial charge on any atom is 0.278 e. The fraction of sp³-hybridized carbons (Fsp3) is 0. The number of nitrogens with zero attached hydrogens (tertiary/aromatic N) is 1. The molecule has 5 nitrogen and oxygen atoms in total. The molecule has 0 saturated heterocycles.